The van der Waals surface area contributed by atoms with Crippen LogP contribution < -0.4 is 4.74 Å². The molecule has 0 heterocycles. The summed E-state index contributed by atoms with van der Waals surface area (Å²) < 4.78 is 29.0. The molecule has 0 unspecified atom stereocenters. The molecule has 0 bridgehead atoms. The second-order valence-electron chi connectivity index (χ2n) is 4.09. The Morgan fingerprint density at radius 1 is 0.833 bits per heavy atom. The van der Waals surface area contributed by atoms with Crippen LogP contribution in [0.15, 0.2) is 24.3 Å². The van der Waals surface area contributed by atoms with Crippen molar-refractivity contribution in [1.82, 2.24) is 0 Å². The molecule has 0 atom stereocenters. The van der Waals surface area contributed by atoms with Crippen molar-refractivity contribution >= 4 is 18.9 Å². The SMILES string of the molecule is O=COCCOCOC(=O)c1ccc(OCOCCOC=O)cc1. The van der Waals surface area contributed by atoms with Gasteiger partial charge < -0.3 is 28.4 Å². The Balaban J connectivity index is 2.19. The number of rotatable bonds is 14. The number of carbonyl (C=O) groups excluding carboxylic acids is 3. The third kappa shape index (κ3) is 8.71. The van der Waals surface area contributed by atoms with E-state index in [1.54, 1.807) is 12.1 Å². The summed E-state index contributed by atoms with van der Waals surface area (Å²) in [5.41, 5.74) is 0.329. The lowest BCUT2D eigenvalue weighted by molar-refractivity contribution is -0.132. The van der Waals surface area contributed by atoms with Gasteiger partial charge in [-0.05, 0) is 24.3 Å². The molecule has 0 saturated carbocycles. The number of carbonyl (C=O) groups is 3. The Morgan fingerprint density at radius 3 is 2.00 bits per heavy atom. The first-order valence-corrected chi connectivity index (χ1v) is 6.94. The predicted molar refractivity (Wildman–Crippen MR) is 78.2 cm³/mol. The molecule has 0 saturated heterocycles. The summed E-state index contributed by atoms with van der Waals surface area (Å²) in [4.78, 5) is 31.5. The smallest absolute Gasteiger partial charge is 0.340 e. The molecule has 0 radical (unpaired) electrons. The highest BCUT2D eigenvalue weighted by atomic mass is 16.7. The maximum atomic E-state index is 11.7. The quantitative estimate of drug-likeness (QED) is 0.157. The molecule has 0 spiro atoms. The van der Waals surface area contributed by atoms with Gasteiger partial charge in [0.25, 0.3) is 12.9 Å². The van der Waals surface area contributed by atoms with Crippen LogP contribution in [-0.4, -0.2) is 58.9 Å². The zero-order chi connectivity index (χ0) is 17.5. The Morgan fingerprint density at radius 2 is 1.42 bits per heavy atom. The molecular weight excluding hydrogens is 324 g/mol. The van der Waals surface area contributed by atoms with E-state index in [-0.39, 0.29) is 40.0 Å². The highest BCUT2D eigenvalue weighted by molar-refractivity contribution is 5.89. The summed E-state index contributed by atoms with van der Waals surface area (Å²) in [6.07, 6.45) is 0. The Labute approximate surface area is 138 Å². The van der Waals surface area contributed by atoms with Gasteiger partial charge in [-0.15, -0.1) is 0 Å². The van der Waals surface area contributed by atoms with Crippen molar-refractivity contribution in [2.75, 3.05) is 40.0 Å². The largest absolute Gasteiger partial charge is 0.468 e. The molecular formula is C15H18O9. The third-order valence-corrected chi connectivity index (χ3v) is 2.50. The number of benzene rings is 1. The lowest BCUT2D eigenvalue weighted by atomic mass is 10.2. The van der Waals surface area contributed by atoms with Gasteiger partial charge in [0.15, 0.2) is 13.6 Å². The molecule has 9 nitrogen and oxygen atoms in total. The molecule has 24 heavy (non-hydrogen) atoms. The van der Waals surface area contributed by atoms with Gasteiger partial charge in [-0.1, -0.05) is 0 Å². The van der Waals surface area contributed by atoms with Crippen LogP contribution in [0.3, 0.4) is 0 Å². The highest BCUT2D eigenvalue weighted by Crippen LogP contribution is 2.13. The Hall–Kier alpha value is -2.65. The van der Waals surface area contributed by atoms with E-state index >= 15 is 0 Å². The molecule has 1 aromatic carbocycles. The molecule has 0 aliphatic carbocycles. The zero-order valence-electron chi connectivity index (χ0n) is 12.9. The first kappa shape index (κ1) is 19.4. The van der Waals surface area contributed by atoms with Crippen molar-refractivity contribution in [2.45, 2.75) is 0 Å². The lowest BCUT2D eigenvalue weighted by Crippen LogP contribution is -2.11. The summed E-state index contributed by atoms with van der Waals surface area (Å²) in [6, 6.07) is 6.23. The number of hydrogen-bond donors (Lipinski definition) is 0. The summed E-state index contributed by atoms with van der Waals surface area (Å²) in [5.74, 6) is -0.0507. The molecule has 1 aromatic rings. The summed E-state index contributed by atoms with van der Waals surface area (Å²) in [7, 11) is 0. The van der Waals surface area contributed by atoms with Crippen LogP contribution in [0, 0.1) is 0 Å². The fourth-order valence-corrected chi connectivity index (χ4v) is 1.40. The zero-order valence-corrected chi connectivity index (χ0v) is 12.9. The molecule has 132 valence electrons. The number of ether oxygens (including phenoxy) is 6. The minimum absolute atomic E-state index is 0.0112. The Bertz CT molecular complexity index is 486. The van der Waals surface area contributed by atoms with E-state index in [2.05, 4.69) is 9.47 Å². The maximum absolute atomic E-state index is 11.7. The van der Waals surface area contributed by atoms with Gasteiger partial charge in [0.2, 0.25) is 0 Å². The topological polar surface area (TPSA) is 107 Å². The lowest BCUT2D eigenvalue weighted by Gasteiger charge is -2.08. The molecule has 0 aromatic heterocycles. The fraction of sp³-hybridized carbons (Fsp3) is 0.400. The standard InChI is InChI=1S/C15H18O9/c16-9-19-5-7-21-11-23-14-3-1-13(2-4-14)15(18)24-12-22-8-6-20-10-17/h1-4,9-10H,5-8,11-12H2. The molecule has 0 amide bonds. The van der Waals surface area contributed by atoms with Crippen LogP contribution in [0.2, 0.25) is 0 Å². The van der Waals surface area contributed by atoms with Gasteiger partial charge in [0.05, 0.1) is 18.8 Å². The maximum Gasteiger partial charge on any atom is 0.340 e. The first-order chi connectivity index (χ1) is 11.8. The minimum atomic E-state index is -0.555. The third-order valence-electron chi connectivity index (χ3n) is 2.50. The van der Waals surface area contributed by atoms with Gasteiger partial charge in [-0.3, -0.25) is 9.59 Å². The first-order valence-electron chi connectivity index (χ1n) is 6.94. The van der Waals surface area contributed by atoms with Crippen molar-refractivity contribution in [1.29, 1.82) is 0 Å². The molecule has 0 fully saturated rings. The predicted octanol–water partition coefficient (Wildman–Crippen LogP) is 0.516. The van der Waals surface area contributed by atoms with Crippen LogP contribution in [0.25, 0.3) is 0 Å². The number of esters is 1. The molecule has 0 aliphatic heterocycles. The minimum Gasteiger partial charge on any atom is -0.468 e. The molecule has 0 aliphatic rings. The van der Waals surface area contributed by atoms with Crippen LogP contribution >= 0.6 is 0 Å². The fourth-order valence-electron chi connectivity index (χ4n) is 1.40. The van der Waals surface area contributed by atoms with E-state index in [0.717, 1.165) is 0 Å². The van der Waals surface area contributed by atoms with Crippen LogP contribution in [0.1, 0.15) is 10.4 Å². The van der Waals surface area contributed by atoms with Gasteiger partial charge in [-0.25, -0.2) is 4.79 Å². The average molecular weight is 342 g/mol. The van der Waals surface area contributed by atoms with Crippen molar-refractivity contribution in [3.63, 3.8) is 0 Å². The van der Waals surface area contributed by atoms with Crippen molar-refractivity contribution in [3.05, 3.63) is 29.8 Å². The van der Waals surface area contributed by atoms with Gasteiger partial charge in [0.1, 0.15) is 19.0 Å². The second kappa shape index (κ2) is 12.9. The van der Waals surface area contributed by atoms with Crippen LogP contribution in [0.4, 0.5) is 0 Å². The highest BCUT2D eigenvalue weighted by Gasteiger charge is 2.07. The summed E-state index contributed by atoms with van der Waals surface area (Å²) in [5, 5.41) is 0. The van der Waals surface area contributed by atoms with Crippen molar-refractivity contribution < 1.29 is 42.8 Å². The summed E-state index contributed by atoms with van der Waals surface area (Å²) >= 11 is 0. The molecule has 9 heteroatoms. The molecule has 1 rings (SSSR count). The van der Waals surface area contributed by atoms with E-state index in [9.17, 15) is 14.4 Å². The monoisotopic (exact) mass is 342 g/mol. The van der Waals surface area contributed by atoms with Crippen LogP contribution in [0.5, 0.6) is 5.75 Å². The van der Waals surface area contributed by atoms with Gasteiger partial charge >= 0.3 is 5.97 Å². The van der Waals surface area contributed by atoms with E-state index in [4.69, 9.17) is 18.9 Å². The normalized spacial score (nSPS) is 9.83. The average Bonchev–Trinajstić information content (AvgIpc) is 2.61. The van der Waals surface area contributed by atoms with E-state index in [0.29, 0.717) is 24.3 Å². The molecule has 0 N–H and O–H groups in total. The van der Waals surface area contributed by atoms with Crippen molar-refractivity contribution in [3.8, 4) is 5.75 Å². The summed E-state index contributed by atoms with van der Waals surface area (Å²) in [6.45, 7) is 1.00. The van der Waals surface area contributed by atoms with Gasteiger partial charge in [-0.2, -0.15) is 0 Å². The second-order valence-corrected chi connectivity index (χ2v) is 4.09. The van der Waals surface area contributed by atoms with E-state index in [1.165, 1.54) is 12.1 Å². The number of hydrogen-bond acceptors (Lipinski definition) is 9. The van der Waals surface area contributed by atoms with Crippen molar-refractivity contribution in [2.24, 2.45) is 0 Å². The Kier molecular flexibility index (Phi) is 10.4. The van der Waals surface area contributed by atoms with Crippen LogP contribution in [-0.2, 0) is 33.3 Å². The van der Waals surface area contributed by atoms with E-state index in [1.807, 2.05) is 0 Å². The van der Waals surface area contributed by atoms with Gasteiger partial charge in [0, 0.05) is 0 Å². The van der Waals surface area contributed by atoms with E-state index < -0.39 is 5.97 Å².